The van der Waals surface area contributed by atoms with Gasteiger partial charge in [0.2, 0.25) is 5.91 Å². The number of benzene rings is 1. The molecule has 0 fully saturated rings. The predicted octanol–water partition coefficient (Wildman–Crippen LogP) is 2.30. The number of nitrogens with zero attached hydrogens (tertiary/aromatic N) is 2. The van der Waals surface area contributed by atoms with Crippen LogP contribution in [0.3, 0.4) is 0 Å². The minimum Gasteiger partial charge on any atom is -0.323 e. The quantitative estimate of drug-likeness (QED) is 0.660. The SMILES string of the molecule is O=C(Cn1cc([N+](=O)[O-])ccc1=O)Nc1ccc(F)cc1Br. The smallest absolute Gasteiger partial charge is 0.285 e. The molecule has 22 heavy (non-hydrogen) atoms. The molecular weight excluding hydrogens is 361 g/mol. The van der Waals surface area contributed by atoms with Crippen LogP contribution in [0.4, 0.5) is 15.8 Å². The van der Waals surface area contributed by atoms with Crippen LogP contribution >= 0.6 is 15.9 Å². The van der Waals surface area contributed by atoms with Gasteiger partial charge in [0.05, 0.1) is 16.8 Å². The number of pyridine rings is 1. The molecule has 0 aliphatic heterocycles. The Hall–Kier alpha value is -2.55. The van der Waals surface area contributed by atoms with Gasteiger partial charge in [-0.25, -0.2) is 4.39 Å². The summed E-state index contributed by atoms with van der Waals surface area (Å²) in [4.78, 5) is 33.5. The second-order valence-corrected chi connectivity index (χ2v) is 5.14. The molecular formula is C13H9BrFN3O4. The van der Waals surface area contributed by atoms with E-state index in [-0.39, 0.29) is 5.69 Å². The number of nitrogens with one attached hydrogen (secondary N) is 1. The summed E-state index contributed by atoms with van der Waals surface area (Å²) in [6.07, 6.45) is 0.988. The van der Waals surface area contributed by atoms with E-state index in [9.17, 15) is 24.1 Å². The molecule has 7 nitrogen and oxygen atoms in total. The fourth-order valence-corrected chi connectivity index (χ4v) is 2.14. The normalized spacial score (nSPS) is 10.3. The van der Waals surface area contributed by atoms with Crippen LogP contribution in [0.1, 0.15) is 0 Å². The first kappa shape index (κ1) is 15.8. The molecule has 0 unspecified atom stereocenters. The predicted molar refractivity (Wildman–Crippen MR) is 80.1 cm³/mol. The second-order valence-electron chi connectivity index (χ2n) is 4.28. The standard InChI is InChI=1S/C13H9BrFN3O4/c14-10-5-8(15)1-3-11(10)16-12(19)7-17-6-9(18(21)22)2-4-13(17)20/h1-6H,7H2,(H,16,19). The van der Waals surface area contributed by atoms with Crippen LogP contribution in [0, 0.1) is 15.9 Å². The van der Waals surface area contributed by atoms with Gasteiger partial charge in [-0.2, -0.15) is 0 Å². The number of carbonyl (C=O) groups is 1. The van der Waals surface area contributed by atoms with Crippen molar-refractivity contribution in [3.8, 4) is 0 Å². The average Bonchev–Trinajstić information content (AvgIpc) is 2.44. The summed E-state index contributed by atoms with van der Waals surface area (Å²) in [6.45, 7) is -0.398. The van der Waals surface area contributed by atoms with Crippen molar-refractivity contribution in [1.29, 1.82) is 0 Å². The number of halogens is 2. The summed E-state index contributed by atoms with van der Waals surface area (Å²) < 4.78 is 14.2. The Bertz CT molecular complexity index is 806. The van der Waals surface area contributed by atoms with Crippen LogP contribution in [0.15, 0.2) is 45.8 Å². The van der Waals surface area contributed by atoms with E-state index < -0.39 is 28.8 Å². The summed E-state index contributed by atoms with van der Waals surface area (Å²) in [5, 5.41) is 13.1. The summed E-state index contributed by atoms with van der Waals surface area (Å²) in [5.74, 6) is -1.05. The molecule has 0 spiro atoms. The van der Waals surface area contributed by atoms with Crippen molar-refractivity contribution in [2.75, 3.05) is 5.32 Å². The van der Waals surface area contributed by atoms with Crippen LogP contribution < -0.4 is 10.9 Å². The highest BCUT2D eigenvalue weighted by atomic mass is 79.9. The Kier molecular flexibility index (Phi) is 4.66. The molecule has 1 amide bonds. The van der Waals surface area contributed by atoms with Gasteiger partial charge in [-0.05, 0) is 34.1 Å². The number of nitro groups is 1. The molecule has 1 aromatic heterocycles. The lowest BCUT2D eigenvalue weighted by Crippen LogP contribution is -2.27. The highest BCUT2D eigenvalue weighted by molar-refractivity contribution is 9.10. The molecule has 0 aliphatic carbocycles. The third kappa shape index (κ3) is 3.76. The monoisotopic (exact) mass is 369 g/mol. The Labute approximate surface area is 131 Å². The zero-order valence-corrected chi connectivity index (χ0v) is 12.5. The van der Waals surface area contributed by atoms with E-state index in [1.165, 1.54) is 18.2 Å². The van der Waals surface area contributed by atoms with Gasteiger partial charge in [0.25, 0.3) is 11.2 Å². The highest BCUT2D eigenvalue weighted by Crippen LogP contribution is 2.22. The van der Waals surface area contributed by atoms with E-state index in [1.807, 2.05) is 0 Å². The molecule has 9 heteroatoms. The first-order valence-corrected chi connectivity index (χ1v) is 6.76. The van der Waals surface area contributed by atoms with Crippen molar-refractivity contribution in [3.63, 3.8) is 0 Å². The van der Waals surface area contributed by atoms with E-state index in [0.717, 1.165) is 22.9 Å². The molecule has 0 saturated carbocycles. The van der Waals surface area contributed by atoms with E-state index in [4.69, 9.17) is 0 Å². The second kappa shape index (κ2) is 6.48. The van der Waals surface area contributed by atoms with Crippen LogP contribution in [0.2, 0.25) is 0 Å². The summed E-state index contributed by atoms with van der Waals surface area (Å²) in [5.41, 5.74) is -0.515. The Morgan fingerprint density at radius 1 is 1.36 bits per heavy atom. The lowest BCUT2D eigenvalue weighted by Gasteiger charge is -2.08. The van der Waals surface area contributed by atoms with Crippen LogP contribution in [0.25, 0.3) is 0 Å². The lowest BCUT2D eigenvalue weighted by atomic mass is 10.3. The van der Waals surface area contributed by atoms with E-state index in [0.29, 0.717) is 10.2 Å². The third-order valence-electron chi connectivity index (χ3n) is 2.70. The van der Waals surface area contributed by atoms with Crippen molar-refractivity contribution in [1.82, 2.24) is 4.57 Å². The molecule has 0 saturated heterocycles. The van der Waals surface area contributed by atoms with Gasteiger partial charge in [0.1, 0.15) is 12.4 Å². The molecule has 0 radical (unpaired) electrons. The van der Waals surface area contributed by atoms with E-state index >= 15 is 0 Å². The number of amides is 1. The van der Waals surface area contributed by atoms with Gasteiger partial charge >= 0.3 is 0 Å². The van der Waals surface area contributed by atoms with Crippen LogP contribution in [0.5, 0.6) is 0 Å². The number of rotatable bonds is 4. The number of hydrogen-bond donors (Lipinski definition) is 1. The maximum atomic E-state index is 13.0. The van der Waals surface area contributed by atoms with Crippen molar-refractivity contribution in [2.24, 2.45) is 0 Å². The van der Waals surface area contributed by atoms with Gasteiger partial charge in [0, 0.05) is 16.6 Å². The number of carbonyl (C=O) groups excluding carboxylic acids is 1. The molecule has 0 bridgehead atoms. The Balaban J connectivity index is 2.17. The summed E-state index contributed by atoms with van der Waals surface area (Å²) in [6, 6.07) is 5.77. The van der Waals surface area contributed by atoms with Crippen LogP contribution in [-0.2, 0) is 11.3 Å². The zero-order valence-electron chi connectivity index (χ0n) is 11.0. The number of anilines is 1. The fraction of sp³-hybridized carbons (Fsp3) is 0.0769. The van der Waals surface area contributed by atoms with Crippen molar-refractivity contribution < 1.29 is 14.1 Å². The molecule has 2 aromatic rings. The van der Waals surface area contributed by atoms with E-state index in [1.54, 1.807) is 0 Å². The molecule has 1 aromatic carbocycles. The van der Waals surface area contributed by atoms with Crippen molar-refractivity contribution in [3.05, 3.63) is 67.3 Å². The minimum absolute atomic E-state index is 0.296. The molecule has 0 atom stereocenters. The zero-order chi connectivity index (χ0) is 16.3. The third-order valence-corrected chi connectivity index (χ3v) is 3.35. The van der Waals surface area contributed by atoms with Crippen LogP contribution in [-0.4, -0.2) is 15.4 Å². The van der Waals surface area contributed by atoms with E-state index in [2.05, 4.69) is 21.2 Å². The maximum absolute atomic E-state index is 13.0. The molecule has 114 valence electrons. The van der Waals surface area contributed by atoms with Crippen molar-refractivity contribution in [2.45, 2.75) is 6.54 Å². The summed E-state index contributed by atoms with van der Waals surface area (Å²) in [7, 11) is 0. The number of aromatic nitrogens is 1. The van der Waals surface area contributed by atoms with Gasteiger partial charge in [0.15, 0.2) is 0 Å². The number of hydrogen-bond acceptors (Lipinski definition) is 4. The van der Waals surface area contributed by atoms with Crippen molar-refractivity contribution >= 4 is 33.2 Å². The van der Waals surface area contributed by atoms with Gasteiger partial charge < -0.3 is 5.32 Å². The summed E-state index contributed by atoms with van der Waals surface area (Å²) >= 11 is 3.09. The Morgan fingerprint density at radius 2 is 2.09 bits per heavy atom. The van der Waals surface area contributed by atoms with Gasteiger partial charge in [-0.1, -0.05) is 0 Å². The lowest BCUT2D eigenvalue weighted by molar-refractivity contribution is -0.385. The first-order valence-electron chi connectivity index (χ1n) is 5.96. The molecule has 1 N–H and O–H groups in total. The van der Waals surface area contributed by atoms with Gasteiger partial charge in [-0.3, -0.25) is 24.3 Å². The Morgan fingerprint density at radius 3 is 2.73 bits per heavy atom. The topological polar surface area (TPSA) is 94.2 Å². The molecule has 1 heterocycles. The minimum atomic E-state index is -0.662. The molecule has 2 rings (SSSR count). The highest BCUT2D eigenvalue weighted by Gasteiger charge is 2.12. The first-order chi connectivity index (χ1) is 10.4. The maximum Gasteiger partial charge on any atom is 0.285 e. The largest absolute Gasteiger partial charge is 0.323 e. The fourth-order valence-electron chi connectivity index (χ4n) is 1.69. The molecule has 0 aliphatic rings. The van der Waals surface area contributed by atoms with Gasteiger partial charge in [-0.15, -0.1) is 0 Å². The average molecular weight is 370 g/mol.